The summed E-state index contributed by atoms with van der Waals surface area (Å²) >= 11 is 1.12. The summed E-state index contributed by atoms with van der Waals surface area (Å²) in [6.45, 7) is 3.64. The number of aromatic nitrogens is 4. The zero-order valence-corrected chi connectivity index (χ0v) is 17.2. The number of benzene rings is 1. The van der Waals surface area contributed by atoms with Crippen molar-refractivity contribution >= 4 is 32.5 Å². The summed E-state index contributed by atoms with van der Waals surface area (Å²) in [6.07, 6.45) is 1.56. The van der Waals surface area contributed by atoms with Gasteiger partial charge < -0.3 is 0 Å². The van der Waals surface area contributed by atoms with Crippen molar-refractivity contribution in [1.29, 1.82) is 0 Å². The summed E-state index contributed by atoms with van der Waals surface area (Å²) < 4.78 is 34.3. The molecule has 1 fully saturated rings. The lowest BCUT2D eigenvalue weighted by Crippen LogP contribution is -2.39. The molecule has 1 aromatic carbocycles. The Morgan fingerprint density at radius 2 is 2.00 bits per heavy atom. The van der Waals surface area contributed by atoms with Crippen LogP contribution in [0.1, 0.15) is 30.3 Å². The number of sulfonamides is 1. The van der Waals surface area contributed by atoms with Crippen LogP contribution in [0.4, 0.5) is 0 Å². The third-order valence-electron chi connectivity index (χ3n) is 5.06. The van der Waals surface area contributed by atoms with Gasteiger partial charge in [-0.25, -0.2) is 17.9 Å². The standard InChI is InChI=1S/C17H19N5O4S2/c1-10-14(27-20-18-10)9-22-15(23)12-8-11(4-5-13(12)21(3)16(22)24)28(25,26)19-17(2)6-7-17/h4-5,8,19H,6-7,9H2,1-3H3. The molecule has 0 amide bonds. The first-order chi connectivity index (χ1) is 13.1. The van der Waals surface area contributed by atoms with Gasteiger partial charge >= 0.3 is 5.69 Å². The van der Waals surface area contributed by atoms with E-state index in [1.165, 1.54) is 22.8 Å². The predicted molar refractivity (Wildman–Crippen MR) is 105 cm³/mol. The molecule has 0 atom stereocenters. The zero-order valence-electron chi connectivity index (χ0n) is 15.6. The highest BCUT2D eigenvalue weighted by Crippen LogP contribution is 2.36. The topological polar surface area (TPSA) is 116 Å². The quantitative estimate of drug-likeness (QED) is 0.650. The molecule has 0 unspecified atom stereocenters. The molecular formula is C17H19N5O4S2. The SMILES string of the molecule is Cc1nnsc1Cn1c(=O)c2cc(S(=O)(=O)NC3(C)CC3)ccc2n(C)c1=O. The highest BCUT2D eigenvalue weighted by atomic mass is 32.2. The van der Waals surface area contributed by atoms with Crippen LogP contribution in [0, 0.1) is 6.92 Å². The fourth-order valence-corrected chi connectivity index (χ4v) is 5.13. The van der Waals surface area contributed by atoms with Crippen LogP contribution in [0.15, 0.2) is 32.7 Å². The Morgan fingerprint density at radius 3 is 2.61 bits per heavy atom. The van der Waals surface area contributed by atoms with Gasteiger partial charge in [0.05, 0.1) is 32.9 Å². The van der Waals surface area contributed by atoms with Crippen molar-refractivity contribution in [1.82, 2.24) is 23.4 Å². The van der Waals surface area contributed by atoms with E-state index >= 15 is 0 Å². The van der Waals surface area contributed by atoms with Gasteiger partial charge in [-0.2, -0.15) is 0 Å². The van der Waals surface area contributed by atoms with Crippen LogP contribution in [-0.2, 0) is 23.6 Å². The minimum atomic E-state index is -3.76. The molecular weight excluding hydrogens is 402 g/mol. The van der Waals surface area contributed by atoms with Crippen LogP contribution in [0.3, 0.4) is 0 Å². The van der Waals surface area contributed by atoms with Crippen LogP contribution < -0.4 is 16.0 Å². The zero-order chi connectivity index (χ0) is 20.3. The molecule has 148 valence electrons. The summed E-state index contributed by atoms with van der Waals surface area (Å²) in [5.41, 5.74) is -0.418. The van der Waals surface area contributed by atoms with Gasteiger partial charge in [0.15, 0.2) is 0 Å². The number of fused-ring (bicyclic) bond motifs is 1. The van der Waals surface area contributed by atoms with Crippen molar-refractivity contribution in [3.05, 3.63) is 49.6 Å². The Bertz CT molecular complexity index is 1320. The Balaban J connectivity index is 1.87. The molecule has 1 saturated carbocycles. The second-order valence-electron chi connectivity index (χ2n) is 7.36. The van der Waals surface area contributed by atoms with Crippen molar-refractivity contribution in [2.75, 3.05) is 0 Å². The van der Waals surface area contributed by atoms with Gasteiger partial charge in [-0.3, -0.25) is 13.9 Å². The minimum absolute atomic E-state index is 0.00561. The molecule has 1 aliphatic rings. The number of hydrogen-bond acceptors (Lipinski definition) is 7. The second kappa shape index (κ2) is 6.33. The van der Waals surface area contributed by atoms with Crippen molar-refractivity contribution in [3.8, 4) is 0 Å². The predicted octanol–water partition coefficient (Wildman–Crippen LogP) is 0.739. The van der Waals surface area contributed by atoms with Crippen LogP contribution in [0.5, 0.6) is 0 Å². The van der Waals surface area contributed by atoms with E-state index in [0.717, 1.165) is 28.9 Å². The van der Waals surface area contributed by atoms with E-state index in [1.807, 2.05) is 6.92 Å². The number of nitrogens with zero attached hydrogens (tertiary/aromatic N) is 4. The van der Waals surface area contributed by atoms with Gasteiger partial charge in [0, 0.05) is 12.6 Å². The molecule has 28 heavy (non-hydrogen) atoms. The molecule has 0 aliphatic heterocycles. The molecule has 3 aromatic rings. The highest BCUT2D eigenvalue weighted by Gasteiger charge is 2.41. The van der Waals surface area contributed by atoms with Gasteiger partial charge in [0.25, 0.3) is 5.56 Å². The lowest BCUT2D eigenvalue weighted by atomic mass is 10.2. The van der Waals surface area contributed by atoms with E-state index in [-0.39, 0.29) is 16.8 Å². The summed E-state index contributed by atoms with van der Waals surface area (Å²) in [5, 5.41) is 4.07. The van der Waals surface area contributed by atoms with Crippen molar-refractivity contribution in [2.24, 2.45) is 7.05 Å². The maximum absolute atomic E-state index is 13.0. The van der Waals surface area contributed by atoms with E-state index < -0.39 is 26.8 Å². The molecule has 2 heterocycles. The molecule has 0 spiro atoms. The summed E-state index contributed by atoms with van der Waals surface area (Å²) in [7, 11) is -2.21. The summed E-state index contributed by atoms with van der Waals surface area (Å²) in [4.78, 5) is 26.4. The first-order valence-electron chi connectivity index (χ1n) is 8.67. The fourth-order valence-electron chi connectivity index (χ4n) is 3.01. The minimum Gasteiger partial charge on any atom is -0.296 e. The highest BCUT2D eigenvalue weighted by molar-refractivity contribution is 7.89. The van der Waals surface area contributed by atoms with Crippen molar-refractivity contribution in [2.45, 2.75) is 43.7 Å². The fraction of sp³-hybridized carbons (Fsp3) is 0.412. The van der Waals surface area contributed by atoms with E-state index in [0.29, 0.717) is 16.1 Å². The third-order valence-corrected chi connectivity index (χ3v) is 7.51. The smallest absolute Gasteiger partial charge is 0.296 e. The van der Waals surface area contributed by atoms with Crippen LogP contribution in [-0.4, -0.2) is 32.7 Å². The average Bonchev–Trinajstić information content (AvgIpc) is 3.22. The second-order valence-corrected chi connectivity index (χ2v) is 9.88. The summed E-state index contributed by atoms with van der Waals surface area (Å²) in [6, 6.07) is 4.24. The molecule has 4 rings (SSSR count). The normalized spacial score (nSPS) is 15.8. The molecule has 0 radical (unpaired) electrons. The first kappa shape index (κ1) is 19.0. The molecule has 11 heteroatoms. The molecule has 9 nitrogen and oxygen atoms in total. The van der Waals surface area contributed by atoms with Gasteiger partial charge in [0.2, 0.25) is 10.0 Å². The van der Waals surface area contributed by atoms with Crippen LogP contribution in [0.2, 0.25) is 0 Å². The lowest BCUT2D eigenvalue weighted by Gasteiger charge is -2.14. The van der Waals surface area contributed by atoms with E-state index in [9.17, 15) is 18.0 Å². The van der Waals surface area contributed by atoms with Crippen molar-refractivity contribution < 1.29 is 8.42 Å². The van der Waals surface area contributed by atoms with Gasteiger partial charge in [-0.05, 0) is 56.4 Å². The maximum atomic E-state index is 13.0. The largest absolute Gasteiger partial charge is 0.331 e. The van der Waals surface area contributed by atoms with Gasteiger partial charge in [-0.15, -0.1) is 5.10 Å². The average molecular weight is 422 g/mol. The molecule has 0 bridgehead atoms. The Labute approximate surface area is 164 Å². The van der Waals surface area contributed by atoms with E-state index in [1.54, 1.807) is 14.0 Å². The number of rotatable bonds is 5. The summed E-state index contributed by atoms with van der Waals surface area (Å²) in [5.74, 6) is 0. The number of hydrogen-bond donors (Lipinski definition) is 1. The molecule has 1 N–H and O–H groups in total. The van der Waals surface area contributed by atoms with Gasteiger partial charge in [-0.1, -0.05) is 4.49 Å². The number of nitrogens with one attached hydrogen (secondary N) is 1. The third kappa shape index (κ3) is 3.19. The lowest BCUT2D eigenvalue weighted by molar-refractivity contribution is 0.558. The van der Waals surface area contributed by atoms with Crippen molar-refractivity contribution in [3.63, 3.8) is 0 Å². The van der Waals surface area contributed by atoms with E-state index in [2.05, 4.69) is 14.3 Å². The Hall–Kier alpha value is -2.37. The molecule has 1 aliphatic carbocycles. The Kier molecular flexibility index (Phi) is 4.28. The first-order valence-corrected chi connectivity index (χ1v) is 10.9. The maximum Gasteiger partial charge on any atom is 0.331 e. The monoisotopic (exact) mass is 421 g/mol. The number of aryl methyl sites for hydroxylation is 2. The van der Waals surface area contributed by atoms with Crippen LogP contribution in [0.25, 0.3) is 10.9 Å². The van der Waals surface area contributed by atoms with E-state index in [4.69, 9.17) is 0 Å². The Morgan fingerprint density at radius 1 is 1.29 bits per heavy atom. The molecule has 0 saturated heterocycles. The molecule has 2 aromatic heterocycles. The van der Waals surface area contributed by atoms with Crippen LogP contribution >= 0.6 is 11.5 Å². The van der Waals surface area contributed by atoms with Gasteiger partial charge in [0.1, 0.15) is 0 Å².